The molecule has 0 saturated heterocycles. The monoisotopic (exact) mass is 638 g/mol. The fourth-order valence-corrected chi connectivity index (χ4v) is 6.42. The summed E-state index contributed by atoms with van der Waals surface area (Å²) in [7, 11) is 3.39. The molecule has 0 amide bonds. The molecule has 1 N–H and O–H groups in total. The number of carbonyl (C=O) groups is 1. The Balaban J connectivity index is 1.64. The predicted octanol–water partition coefficient (Wildman–Crippen LogP) is 7.68. The Bertz CT molecular complexity index is 1270. The van der Waals surface area contributed by atoms with Crippen LogP contribution in [-0.2, 0) is 35.6 Å². The standard InChI is InChI=1S/C35H43BrO6/c1-39-20-22-41-18-4-16-35(17-5-19-42-23-21-40-2)32-24-28(12-14-30(32)31-15-13-29(36)25-33(31)35)27-10-8-26(9-11-27)6-3-7-34(37)38/h8-15,24-25H,3-7,16-23H2,1-2H3,(H,37,38). The molecule has 0 unspecified atom stereocenters. The highest BCUT2D eigenvalue weighted by atomic mass is 79.9. The van der Waals surface area contributed by atoms with Gasteiger partial charge in [-0.2, -0.15) is 0 Å². The molecule has 0 heterocycles. The molecule has 3 aromatic rings. The summed E-state index contributed by atoms with van der Waals surface area (Å²) < 4.78 is 23.2. The Labute approximate surface area is 258 Å². The van der Waals surface area contributed by atoms with Gasteiger partial charge in [-0.15, -0.1) is 0 Å². The van der Waals surface area contributed by atoms with Crippen LogP contribution >= 0.6 is 15.9 Å². The molecule has 0 bridgehead atoms. The van der Waals surface area contributed by atoms with Gasteiger partial charge in [0.25, 0.3) is 0 Å². The first-order valence-corrected chi connectivity index (χ1v) is 15.7. The minimum absolute atomic E-state index is 0.156. The lowest BCUT2D eigenvalue weighted by molar-refractivity contribution is -0.137. The minimum Gasteiger partial charge on any atom is -0.481 e. The van der Waals surface area contributed by atoms with E-state index >= 15 is 0 Å². The lowest BCUT2D eigenvalue weighted by atomic mass is 9.71. The SMILES string of the molecule is COCCOCCCC1(CCCOCCOC)c2cc(Br)ccc2-c2ccc(-c3ccc(CCCC(=O)O)cc3)cc21. The van der Waals surface area contributed by atoms with Crippen LogP contribution in [0.15, 0.2) is 65.1 Å². The molecule has 0 aliphatic heterocycles. The second-order valence-corrected chi connectivity index (χ2v) is 11.8. The number of methoxy groups -OCH3 is 2. The van der Waals surface area contributed by atoms with Gasteiger partial charge in [0.15, 0.2) is 0 Å². The Kier molecular flexibility index (Phi) is 12.6. The van der Waals surface area contributed by atoms with Crippen LogP contribution in [0, 0.1) is 0 Å². The Morgan fingerprint density at radius 3 is 1.88 bits per heavy atom. The molecule has 1 aliphatic carbocycles. The van der Waals surface area contributed by atoms with Crippen LogP contribution in [0.2, 0.25) is 0 Å². The first kappa shape index (κ1) is 32.4. The summed E-state index contributed by atoms with van der Waals surface area (Å²) in [6.07, 6.45) is 5.43. The van der Waals surface area contributed by atoms with E-state index in [1.807, 2.05) is 0 Å². The highest BCUT2D eigenvalue weighted by Gasteiger charge is 2.42. The number of carboxylic acids is 1. The van der Waals surface area contributed by atoms with E-state index in [0.29, 0.717) is 46.1 Å². The molecule has 0 fully saturated rings. The first-order chi connectivity index (χ1) is 20.5. The number of rotatable bonds is 19. The topological polar surface area (TPSA) is 74.2 Å². The summed E-state index contributed by atoms with van der Waals surface area (Å²) in [6.45, 7) is 3.79. The number of aryl methyl sites for hydroxylation is 1. The van der Waals surface area contributed by atoms with Gasteiger partial charge < -0.3 is 24.1 Å². The molecule has 42 heavy (non-hydrogen) atoms. The van der Waals surface area contributed by atoms with Crippen molar-refractivity contribution in [2.75, 3.05) is 53.9 Å². The molecule has 0 radical (unpaired) electrons. The van der Waals surface area contributed by atoms with Crippen molar-refractivity contribution in [2.24, 2.45) is 0 Å². The van der Waals surface area contributed by atoms with E-state index in [9.17, 15) is 4.79 Å². The summed E-state index contributed by atoms with van der Waals surface area (Å²) >= 11 is 3.76. The van der Waals surface area contributed by atoms with Gasteiger partial charge in [-0.25, -0.2) is 0 Å². The van der Waals surface area contributed by atoms with Crippen LogP contribution in [-0.4, -0.2) is 64.9 Å². The number of ether oxygens (including phenoxy) is 4. The average Bonchev–Trinajstić information content (AvgIpc) is 3.25. The maximum Gasteiger partial charge on any atom is 0.303 e. The average molecular weight is 640 g/mol. The fourth-order valence-electron chi connectivity index (χ4n) is 6.06. The summed E-state index contributed by atoms with van der Waals surface area (Å²) in [5.74, 6) is -0.746. The Morgan fingerprint density at radius 2 is 1.29 bits per heavy atom. The number of carboxylic acid groups (broad SMARTS) is 1. The molecule has 0 spiro atoms. The number of hydrogen-bond acceptors (Lipinski definition) is 5. The minimum atomic E-state index is -0.746. The van der Waals surface area contributed by atoms with E-state index in [0.717, 1.165) is 47.7 Å². The lowest BCUT2D eigenvalue weighted by Gasteiger charge is -2.33. The molecule has 3 aromatic carbocycles. The van der Waals surface area contributed by atoms with Gasteiger partial charge >= 0.3 is 5.97 Å². The number of benzene rings is 3. The number of hydrogen-bond donors (Lipinski definition) is 1. The third-order valence-electron chi connectivity index (χ3n) is 8.11. The van der Waals surface area contributed by atoms with Crippen molar-refractivity contribution in [2.45, 2.75) is 50.4 Å². The van der Waals surface area contributed by atoms with Crippen molar-refractivity contribution in [3.63, 3.8) is 0 Å². The zero-order valence-electron chi connectivity index (χ0n) is 24.8. The molecule has 0 aromatic heterocycles. The third kappa shape index (κ3) is 8.29. The number of fused-ring (bicyclic) bond motifs is 3. The fraction of sp³-hybridized carbons (Fsp3) is 0.457. The number of aliphatic carboxylic acids is 1. The molecule has 226 valence electrons. The van der Waals surface area contributed by atoms with Crippen LogP contribution < -0.4 is 0 Å². The zero-order chi connectivity index (χ0) is 29.8. The van der Waals surface area contributed by atoms with Crippen LogP contribution in [0.3, 0.4) is 0 Å². The lowest BCUT2D eigenvalue weighted by Crippen LogP contribution is -2.27. The highest BCUT2D eigenvalue weighted by Crippen LogP contribution is 2.55. The normalized spacial score (nSPS) is 13.2. The van der Waals surface area contributed by atoms with Crippen LogP contribution in [0.4, 0.5) is 0 Å². The largest absolute Gasteiger partial charge is 0.481 e. The van der Waals surface area contributed by atoms with Gasteiger partial charge in [-0.05, 0) is 95.7 Å². The third-order valence-corrected chi connectivity index (χ3v) is 8.61. The Hall–Kier alpha value is -2.55. The molecular formula is C35H43BrO6. The second kappa shape index (κ2) is 16.3. The number of halogens is 1. The molecule has 6 nitrogen and oxygen atoms in total. The summed E-state index contributed by atoms with van der Waals surface area (Å²) in [6, 6.07) is 22.1. The summed E-state index contributed by atoms with van der Waals surface area (Å²) in [4.78, 5) is 10.9. The van der Waals surface area contributed by atoms with Crippen molar-refractivity contribution in [3.05, 3.63) is 81.8 Å². The molecule has 7 heteroatoms. The van der Waals surface area contributed by atoms with E-state index in [2.05, 4.69) is 76.6 Å². The van der Waals surface area contributed by atoms with E-state index in [1.54, 1.807) is 14.2 Å². The predicted molar refractivity (Wildman–Crippen MR) is 170 cm³/mol. The smallest absolute Gasteiger partial charge is 0.303 e. The van der Waals surface area contributed by atoms with E-state index < -0.39 is 5.97 Å². The van der Waals surface area contributed by atoms with Crippen molar-refractivity contribution in [1.29, 1.82) is 0 Å². The van der Waals surface area contributed by atoms with Crippen LogP contribution in [0.25, 0.3) is 22.3 Å². The van der Waals surface area contributed by atoms with Crippen molar-refractivity contribution < 1.29 is 28.8 Å². The van der Waals surface area contributed by atoms with Gasteiger partial charge in [0.05, 0.1) is 26.4 Å². The zero-order valence-corrected chi connectivity index (χ0v) is 26.4. The van der Waals surface area contributed by atoms with Gasteiger partial charge in [0, 0.05) is 43.7 Å². The molecule has 0 saturated carbocycles. The summed E-state index contributed by atoms with van der Waals surface area (Å²) in [5, 5.41) is 8.96. The molecular weight excluding hydrogens is 596 g/mol. The van der Waals surface area contributed by atoms with Gasteiger partial charge in [0.2, 0.25) is 0 Å². The van der Waals surface area contributed by atoms with E-state index in [1.165, 1.54) is 27.8 Å². The quantitative estimate of drug-likeness (QED) is 0.136. The Morgan fingerprint density at radius 1 is 0.714 bits per heavy atom. The highest BCUT2D eigenvalue weighted by molar-refractivity contribution is 9.10. The maximum absolute atomic E-state index is 10.9. The van der Waals surface area contributed by atoms with Crippen molar-refractivity contribution in [3.8, 4) is 22.3 Å². The summed E-state index contributed by atoms with van der Waals surface area (Å²) in [5.41, 5.74) is 8.69. The van der Waals surface area contributed by atoms with Crippen LogP contribution in [0.5, 0.6) is 0 Å². The van der Waals surface area contributed by atoms with E-state index in [4.69, 9.17) is 24.1 Å². The molecule has 4 rings (SSSR count). The maximum atomic E-state index is 10.9. The first-order valence-electron chi connectivity index (χ1n) is 14.9. The second-order valence-electron chi connectivity index (χ2n) is 10.9. The van der Waals surface area contributed by atoms with Gasteiger partial charge in [-0.1, -0.05) is 58.4 Å². The van der Waals surface area contributed by atoms with Crippen molar-refractivity contribution >= 4 is 21.9 Å². The van der Waals surface area contributed by atoms with Crippen LogP contribution in [0.1, 0.15) is 55.2 Å². The van der Waals surface area contributed by atoms with Crippen molar-refractivity contribution in [1.82, 2.24) is 0 Å². The molecule has 0 atom stereocenters. The van der Waals surface area contributed by atoms with E-state index in [-0.39, 0.29) is 11.8 Å². The van der Waals surface area contributed by atoms with Gasteiger partial charge in [0.1, 0.15) is 0 Å². The molecule has 1 aliphatic rings. The van der Waals surface area contributed by atoms with Gasteiger partial charge in [-0.3, -0.25) is 4.79 Å².